The van der Waals surface area contributed by atoms with Crippen LogP contribution in [0.3, 0.4) is 0 Å². The van der Waals surface area contributed by atoms with Crippen LogP contribution in [0.15, 0.2) is 47.5 Å². The van der Waals surface area contributed by atoms with Gasteiger partial charge in [-0.25, -0.2) is 19.6 Å². The Morgan fingerprint density at radius 3 is 2.63 bits per heavy atom. The minimum atomic E-state index is -0.712. The van der Waals surface area contributed by atoms with Crippen LogP contribution in [0.25, 0.3) is 0 Å². The van der Waals surface area contributed by atoms with Gasteiger partial charge < -0.3 is 4.74 Å². The van der Waals surface area contributed by atoms with Crippen LogP contribution < -0.4 is 10.4 Å². The topological polar surface area (TPSA) is 71.0 Å². The molecular weight excluding hydrogens is 385 g/mol. The minimum absolute atomic E-state index is 0.0492. The van der Waals surface area contributed by atoms with E-state index in [0.717, 1.165) is 18.4 Å². The summed E-state index contributed by atoms with van der Waals surface area (Å²) in [6, 6.07) is 11.8. The SMILES string of the molecule is CCCCOC(=O)NN1C(=O)CN=C(c2ccccc2F)c2cccc(C(C)C)c21. The van der Waals surface area contributed by atoms with Crippen molar-refractivity contribution in [3.05, 3.63) is 65.0 Å². The van der Waals surface area contributed by atoms with Crippen molar-refractivity contribution in [3.63, 3.8) is 0 Å². The molecule has 1 aliphatic rings. The van der Waals surface area contributed by atoms with Gasteiger partial charge in [-0.2, -0.15) is 0 Å². The van der Waals surface area contributed by atoms with Crippen LogP contribution >= 0.6 is 0 Å². The normalized spacial score (nSPS) is 13.6. The molecule has 158 valence electrons. The molecule has 7 heteroatoms. The second-order valence-electron chi connectivity index (χ2n) is 7.37. The maximum Gasteiger partial charge on any atom is 0.426 e. The Labute approximate surface area is 175 Å². The number of hydrogen-bond donors (Lipinski definition) is 1. The molecule has 1 N–H and O–H groups in total. The van der Waals surface area contributed by atoms with Crippen LogP contribution in [-0.2, 0) is 9.53 Å². The number of benzodiazepines with no additional fused rings is 1. The quantitative estimate of drug-likeness (QED) is 0.708. The summed E-state index contributed by atoms with van der Waals surface area (Å²) < 4.78 is 19.7. The number of unbranched alkanes of at least 4 members (excludes halogenated alkanes) is 1. The molecule has 0 spiro atoms. The molecule has 0 saturated heterocycles. The number of carbonyl (C=O) groups is 2. The van der Waals surface area contributed by atoms with E-state index >= 15 is 0 Å². The fraction of sp³-hybridized carbons (Fsp3) is 0.348. The lowest BCUT2D eigenvalue weighted by molar-refractivity contribution is -0.117. The van der Waals surface area contributed by atoms with E-state index in [2.05, 4.69) is 10.4 Å². The zero-order chi connectivity index (χ0) is 21.7. The largest absolute Gasteiger partial charge is 0.448 e. The predicted octanol–water partition coefficient (Wildman–Crippen LogP) is 4.57. The van der Waals surface area contributed by atoms with Crippen LogP contribution in [0.4, 0.5) is 14.9 Å². The first-order valence-corrected chi connectivity index (χ1v) is 10.1. The molecule has 2 aromatic carbocycles. The fourth-order valence-corrected chi connectivity index (χ4v) is 3.33. The lowest BCUT2D eigenvalue weighted by Gasteiger charge is -2.27. The number of nitrogens with one attached hydrogen (secondary N) is 1. The Balaban J connectivity index is 2.09. The zero-order valence-corrected chi connectivity index (χ0v) is 17.4. The van der Waals surface area contributed by atoms with E-state index in [1.165, 1.54) is 11.1 Å². The summed E-state index contributed by atoms with van der Waals surface area (Å²) in [4.78, 5) is 29.7. The maximum atomic E-state index is 14.6. The van der Waals surface area contributed by atoms with E-state index in [9.17, 15) is 14.0 Å². The molecule has 0 radical (unpaired) electrons. The summed E-state index contributed by atoms with van der Waals surface area (Å²) in [5.41, 5.74) is 5.14. The van der Waals surface area contributed by atoms with Gasteiger partial charge in [0.15, 0.2) is 0 Å². The van der Waals surface area contributed by atoms with E-state index in [1.807, 2.05) is 32.9 Å². The van der Waals surface area contributed by atoms with Crippen molar-refractivity contribution < 1.29 is 18.7 Å². The molecule has 0 saturated carbocycles. The van der Waals surface area contributed by atoms with Gasteiger partial charge in [-0.05, 0) is 30.0 Å². The summed E-state index contributed by atoms with van der Waals surface area (Å²) in [5, 5.41) is 1.19. The number of carbonyl (C=O) groups excluding carboxylic acids is 2. The summed E-state index contributed by atoms with van der Waals surface area (Å²) in [5.74, 6) is -0.804. The number of rotatable bonds is 6. The van der Waals surface area contributed by atoms with Gasteiger partial charge >= 0.3 is 6.09 Å². The van der Waals surface area contributed by atoms with E-state index in [4.69, 9.17) is 4.74 Å². The van der Waals surface area contributed by atoms with Crippen LogP contribution in [0.5, 0.6) is 0 Å². The van der Waals surface area contributed by atoms with Gasteiger partial charge in [0.25, 0.3) is 5.91 Å². The van der Waals surface area contributed by atoms with Gasteiger partial charge in [0, 0.05) is 11.1 Å². The van der Waals surface area contributed by atoms with Crippen molar-refractivity contribution in [2.24, 2.45) is 4.99 Å². The smallest absolute Gasteiger partial charge is 0.426 e. The number of benzene rings is 2. The first-order chi connectivity index (χ1) is 14.4. The summed E-state index contributed by atoms with van der Waals surface area (Å²) in [6.07, 6.45) is 0.905. The number of nitrogens with zero attached hydrogens (tertiary/aromatic N) is 2. The van der Waals surface area contributed by atoms with Crippen molar-refractivity contribution in [1.29, 1.82) is 0 Å². The Hall–Kier alpha value is -3.22. The molecule has 1 aliphatic heterocycles. The van der Waals surface area contributed by atoms with Gasteiger partial charge in [-0.15, -0.1) is 0 Å². The molecule has 1 heterocycles. The highest BCUT2D eigenvalue weighted by molar-refractivity contribution is 6.20. The zero-order valence-electron chi connectivity index (χ0n) is 17.4. The third-order valence-corrected chi connectivity index (χ3v) is 4.85. The van der Waals surface area contributed by atoms with Gasteiger partial charge in [-0.1, -0.05) is 57.5 Å². The van der Waals surface area contributed by atoms with E-state index < -0.39 is 17.8 Å². The average molecular weight is 411 g/mol. The number of para-hydroxylation sites is 1. The van der Waals surface area contributed by atoms with E-state index in [-0.39, 0.29) is 19.1 Å². The number of fused-ring (bicyclic) bond motifs is 1. The fourth-order valence-electron chi connectivity index (χ4n) is 3.33. The molecule has 0 atom stereocenters. The van der Waals surface area contributed by atoms with Crippen LogP contribution in [-0.4, -0.2) is 30.9 Å². The first-order valence-electron chi connectivity index (χ1n) is 10.1. The molecular formula is C23H26FN3O3. The number of hydrogen-bond acceptors (Lipinski definition) is 4. The average Bonchev–Trinajstić information content (AvgIpc) is 2.86. The molecule has 0 bridgehead atoms. The van der Waals surface area contributed by atoms with E-state index in [1.54, 1.807) is 24.3 Å². The second-order valence-corrected chi connectivity index (χ2v) is 7.37. The van der Waals surface area contributed by atoms with Gasteiger partial charge in [0.2, 0.25) is 0 Å². The van der Waals surface area contributed by atoms with Gasteiger partial charge in [-0.3, -0.25) is 9.79 Å². The molecule has 2 aromatic rings. The van der Waals surface area contributed by atoms with Crippen molar-refractivity contribution in [2.45, 2.75) is 39.5 Å². The number of amides is 2. The van der Waals surface area contributed by atoms with Gasteiger partial charge in [0.05, 0.1) is 18.0 Å². The van der Waals surface area contributed by atoms with Crippen LogP contribution in [0.1, 0.15) is 56.2 Å². The number of ether oxygens (including phenoxy) is 1. The predicted molar refractivity (Wildman–Crippen MR) is 114 cm³/mol. The highest BCUT2D eigenvalue weighted by Gasteiger charge is 2.30. The van der Waals surface area contributed by atoms with Crippen molar-refractivity contribution in [1.82, 2.24) is 5.43 Å². The Morgan fingerprint density at radius 1 is 1.20 bits per heavy atom. The molecule has 0 aliphatic carbocycles. The number of halogens is 1. The summed E-state index contributed by atoms with van der Waals surface area (Å²) in [7, 11) is 0. The van der Waals surface area contributed by atoms with E-state index in [0.29, 0.717) is 22.5 Å². The maximum absolute atomic E-state index is 14.6. The van der Waals surface area contributed by atoms with Crippen molar-refractivity contribution in [2.75, 3.05) is 18.2 Å². The Bertz CT molecular complexity index is 972. The Morgan fingerprint density at radius 2 is 1.93 bits per heavy atom. The second kappa shape index (κ2) is 9.52. The summed E-state index contributed by atoms with van der Waals surface area (Å²) in [6.45, 7) is 6.00. The molecule has 2 amide bonds. The Kier molecular flexibility index (Phi) is 6.82. The number of aliphatic imine (C=N–C) groups is 1. The van der Waals surface area contributed by atoms with Crippen molar-refractivity contribution >= 4 is 23.4 Å². The number of hydrazine groups is 1. The van der Waals surface area contributed by atoms with Gasteiger partial charge in [0.1, 0.15) is 12.4 Å². The third kappa shape index (κ3) is 4.50. The molecule has 6 nitrogen and oxygen atoms in total. The highest BCUT2D eigenvalue weighted by Crippen LogP contribution is 2.34. The van der Waals surface area contributed by atoms with Crippen LogP contribution in [0.2, 0.25) is 0 Å². The van der Waals surface area contributed by atoms with Crippen molar-refractivity contribution in [3.8, 4) is 0 Å². The molecule has 3 rings (SSSR count). The lowest BCUT2D eigenvalue weighted by Crippen LogP contribution is -2.48. The standard InChI is InChI=1S/C23H26FN3O3/c1-4-5-13-30-23(29)26-27-20(28)14-25-21(17-9-6-7-12-19(17)24)18-11-8-10-16(15(2)3)22(18)27/h6-12,15H,4-5,13-14H2,1-3H3,(H,26,29). The minimum Gasteiger partial charge on any atom is -0.448 e. The molecule has 0 aromatic heterocycles. The molecule has 30 heavy (non-hydrogen) atoms. The third-order valence-electron chi connectivity index (χ3n) is 4.85. The lowest BCUT2D eigenvalue weighted by atomic mass is 9.93. The monoisotopic (exact) mass is 411 g/mol. The number of anilines is 1. The summed E-state index contributed by atoms with van der Waals surface area (Å²) >= 11 is 0. The highest BCUT2D eigenvalue weighted by atomic mass is 19.1. The molecule has 0 unspecified atom stereocenters. The van der Waals surface area contributed by atoms with Crippen LogP contribution in [0, 0.1) is 5.82 Å². The molecule has 0 fully saturated rings. The first kappa shape index (κ1) is 21.5.